The zero-order valence-corrected chi connectivity index (χ0v) is 22.1. The molecule has 3 aromatic rings. The van der Waals surface area contributed by atoms with Gasteiger partial charge in [0, 0.05) is 19.7 Å². The van der Waals surface area contributed by atoms with E-state index in [1.165, 1.54) is 0 Å². The molecule has 0 aliphatic rings. The average molecular weight is 498 g/mol. The van der Waals surface area contributed by atoms with Crippen LogP contribution >= 0.6 is 0 Å². The molecule has 1 atom stereocenters. The first-order valence-corrected chi connectivity index (χ1v) is 12.6. The van der Waals surface area contributed by atoms with E-state index < -0.39 is 6.10 Å². The van der Waals surface area contributed by atoms with Crippen molar-refractivity contribution in [3.8, 4) is 28.8 Å². The molecule has 0 bridgehead atoms. The van der Waals surface area contributed by atoms with Gasteiger partial charge in [-0.15, -0.1) is 0 Å². The van der Waals surface area contributed by atoms with Crippen molar-refractivity contribution >= 4 is 0 Å². The SMILES string of the molecule is CCCN(Cc1c(CC)nn(-c2ccc(OC)cc2)c1Oc1ccccc1OC)C[C@@H](O)COCC. The molecule has 1 aromatic heterocycles. The highest BCUT2D eigenvalue weighted by molar-refractivity contribution is 5.48. The molecule has 0 spiro atoms. The minimum atomic E-state index is -0.572. The summed E-state index contributed by atoms with van der Waals surface area (Å²) in [7, 11) is 3.28. The summed E-state index contributed by atoms with van der Waals surface area (Å²) in [5.74, 6) is 2.65. The molecule has 1 N–H and O–H groups in total. The summed E-state index contributed by atoms with van der Waals surface area (Å²) in [5.41, 5.74) is 2.78. The summed E-state index contributed by atoms with van der Waals surface area (Å²) in [6.07, 6.45) is 1.12. The highest BCUT2D eigenvalue weighted by Gasteiger charge is 2.24. The number of hydrogen-bond donors (Lipinski definition) is 1. The second-order valence-corrected chi connectivity index (χ2v) is 8.50. The van der Waals surface area contributed by atoms with Crippen molar-refractivity contribution in [2.75, 3.05) is 40.5 Å². The fourth-order valence-electron chi connectivity index (χ4n) is 4.11. The number of nitrogens with zero attached hydrogens (tertiary/aromatic N) is 3. The zero-order chi connectivity index (χ0) is 25.9. The number of para-hydroxylation sites is 2. The lowest BCUT2D eigenvalue weighted by Gasteiger charge is -2.25. The number of aryl methyl sites for hydroxylation is 1. The molecule has 196 valence electrons. The summed E-state index contributed by atoms with van der Waals surface area (Å²) in [4.78, 5) is 2.23. The van der Waals surface area contributed by atoms with Crippen molar-refractivity contribution in [2.45, 2.75) is 46.3 Å². The maximum Gasteiger partial charge on any atom is 0.227 e. The molecule has 0 unspecified atom stereocenters. The third-order valence-electron chi connectivity index (χ3n) is 5.85. The Kier molecular flexibility index (Phi) is 10.6. The molecule has 0 aliphatic carbocycles. The summed E-state index contributed by atoms with van der Waals surface area (Å²) >= 11 is 0. The van der Waals surface area contributed by atoms with Crippen LogP contribution in [0.5, 0.6) is 23.1 Å². The molecule has 2 aromatic carbocycles. The van der Waals surface area contributed by atoms with E-state index in [1.807, 2.05) is 60.1 Å². The quantitative estimate of drug-likeness (QED) is 0.321. The van der Waals surface area contributed by atoms with Gasteiger partial charge in [-0.05, 0) is 62.7 Å². The van der Waals surface area contributed by atoms with Gasteiger partial charge in [0.2, 0.25) is 5.88 Å². The highest BCUT2D eigenvalue weighted by atomic mass is 16.5. The topological polar surface area (TPSA) is 78.2 Å². The first-order valence-electron chi connectivity index (χ1n) is 12.6. The van der Waals surface area contributed by atoms with Gasteiger partial charge in [-0.3, -0.25) is 4.90 Å². The summed E-state index contributed by atoms with van der Waals surface area (Å²) < 4.78 is 24.7. The number of rotatable bonds is 15. The maximum absolute atomic E-state index is 10.5. The Labute approximate surface area is 214 Å². The third kappa shape index (κ3) is 7.00. The lowest BCUT2D eigenvalue weighted by molar-refractivity contribution is 0.0194. The number of aliphatic hydroxyl groups excluding tert-OH is 1. The minimum absolute atomic E-state index is 0.313. The Morgan fingerprint density at radius 1 is 0.972 bits per heavy atom. The monoisotopic (exact) mass is 497 g/mol. The van der Waals surface area contributed by atoms with E-state index in [0.29, 0.717) is 43.7 Å². The van der Waals surface area contributed by atoms with Gasteiger partial charge in [-0.25, -0.2) is 4.68 Å². The number of aliphatic hydroxyl groups is 1. The van der Waals surface area contributed by atoms with E-state index >= 15 is 0 Å². The summed E-state index contributed by atoms with van der Waals surface area (Å²) in [6, 6.07) is 15.3. The number of methoxy groups -OCH3 is 2. The van der Waals surface area contributed by atoms with Gasteiger partial charge < -0.3 is 24.1 Å². The molecule has 8 nitrogen and oxygen atoms in total. The first-order chi connectivity index (χ1) is 17.5. The van der Waals surface area contributed by atoms with E-state index in [0.717, 1.165) is 42.1 Å². The van der Waals surface area contributed by atoms with Crippen LogP contribution in [-0.2, 0) is 17.7 Å². The molecule has 3 rings (SSSR count). The fourth-order valence-corrected chi connectivity index (χ4v) is 4.11. The predicted molar refractivity (Wildman–Crippen MR) is 141 cm³/mol. The van der Waals surface area contributed by atoms with E-state index in [1.54, 1.807) is 14.2 Å². The molecular weight excluding hydrogens is 458 g/mol. The van der Waals surface area contributed by atoms with Crippen LogP contribution in [0.2, 0.25) is 0 Å². The number of hydrogen-bond acceptors (Lipinski definition) is 7. The van der Waals surface area contributed by atoms with E-state index in [-0.39, 0.29) is 0 Å². The van der Waals surface area contributed by atoms with Crippen LogP contribution in [0.4, 0.5) is 0 Å². The molecule has 36 heavy (non-hydrogen) atoms. The van der Waals surface area contributed by atoms with Gasteiger partial charge in [-0.1, -0.05) is 26.0 Å². The smallest absolute Gasteiger partial charge is 0.227 e. The van der Waals surface area contributed by atoms with Gasteiger partial charge >= 0.3 is 0 Å². The largest absolute Gasteiger partial charge is 0.497 e. The van der Waals surface area contributed by atoms with E-state index in [9.17, 15) is 5.11 Å². The van der Waals surface area contributed by atoms with Crippen LogP contribution in [0.3, 0.4) is 0 Å². The predicted octanol–water partition coefficient (Wildman–Crippen LogP) is 4.85. The molecule has 0 radical (unpaired) electrons. The standard InChI is InChI=1S/C28H39N3O5/c1-6-17-30(18-22(32)20-35-8-3)19-24-25(7-2)29-31(21-13-15-23(33-4)16-14-21)28(24)36-27-12-10-9-11-26(27)34-5/h9-16,22,32H,6-8,17-20H2,1-5H3/t22-/m1/s1. The zero-order valence-electron chi connectivity index (χ0n) is 22.1. The molecule has 0 saturated carbocycles. The molecule has 0 saturated heterocycles. The summed E-state index contributed by atoms with van der Waals surface area (Å²) in [6.45, 7) is 8.96. The van der Waals surface area contributed by atoms with Crippen molar-refractivity contribution in [2.24, 2.45) is 0 Å². The van der Waals surface area contributed by atoms with Crippen LogP contribution in [0.1, 0.15) is 38.4 Å². The Morgan fingerprint density at radius 3 is 2.31 bits per heavy atom. The third-order valence-corrected chi connectivity index (χ3v) is 5.85. The first kappa shape index (κ1) is 27.5. The van der Waals surface area contributed by atoms with Crippen molar-refractivity contribution in [1.82, 2.24) is 14.7 Å². The Hall–Kier alpha value is -3.07. The molecular formula is C28H39N3O5. The van der Waals surface area contributed by atoms with Crippen molar-refractivity contribution < 1.29 is 24.1 Å². The number of benzene rings is 2. The molecule has 1 heterocycles. The minimum Gasteiger partial charge on any atom is -0.497 e. The van der Waals surface area contributed by atoms with Gasteiger partial charge in [-0.2, -0.15) is 5.10 Å². The highest BCUT2D eigenvalue weighted by Crippen LogP contribution is 2.36. The van der Waals surface area contributed by atoms with Crippen LogP contribution in [0, 0.1) is 0 Å². The van der Waals surface area contributed by atoms with Crippen LogP contribution < -0.4 is 14.2 Å². The Bertz CT molecular complexity index is 1070. The number of ether oxygens (including phenoxy) is 4. The van der Waals surface area contributed by atoms with Gasteiger partial charge in [0.1, 0.15) is 5.75 Å². The van der Waals surface area contributed by atoms with Crippen LogP contribution in [-0.4, -0.2) is 66.4 Å². The second kappa shape index (κ2) is 13.9. The Balaban J connectivity index is 2.05. The van der Waals surface area contributed by atoms with Crippen molar-refractivity contribution in [3.63, 3.8) is 0 Å². The maximum atomic E-state index is 10.5. The van der Waals surface area contributed by atoms with Gasteiger partial charge in [0.15, 0.2) is 11.5 Å². The lowest BCUT2D eigenvalue weighted by atomic mass is 10.1. The van der Waals surface area contributed by atoms with E-state index in [4.69, 9.17) is 24.0 Å². The van der Waals surface area contributed by atoms with Crippen molar-refractivity contribution in [1.29, 1.82) is 0 Å². The summed E-state index contributed by atoms with van der Waals surface area (Å²) in [5, 5.41) is 15.5. The molecule has 0 aliphatic heterocycles. The van der Waals surface area contributed by atoms with Gasteiger partial charge in [0.25, 0.3) is 0 Å². The Morgan fingerprint density at radius 2 is 1.69 bits per heavy atom. The average Bonchev–Trinajstić information content (AvgIpc) is 3.24. The van der Waals surface area contributed by atoms with Gasteiger partial charge in [0.05, 0.1) is 43.9 Å². The molecule has 0 fully saturated rings. The normalized spacial score (nSPS) is 12.1. The van der Waals surface area contributed by atoms with E-state index in [2.05, 4.69) is 18.7 Å². The van der Waals surface area contributed by atoms with Crippen LogP contribution in [0.25, 0.3) is 5.69 Å². The molecule has 0 amide bonds. The fraction of sp³-hybridized carbons (Fsp3) is 0.464. The number of aromatic nitrogens is 2. The van der Waals surface area contributed by atoms with Crippen LogP contribution in [0.15, 0.2) is 48.5 Å². The molecule has 8 heteroatoms. The van der Waals surface area contributed by atoms with Crippen molar-refractivity contribution in [3.05, 3.63) is 59.8 Å². The lowest BCUT2D eigenvalue weighted by Crippen LogP contribution is -2.35. The second-order valence-electron chi connectivity index (χ2n) is 8.50.